The van der Waals surface area contributed by atoms with Crippen LogP contribution in [0, 0.1) is 0 Å². The van der Waals surface area contributed by atoms with Gasteiger partial charge in [0.25, 0.3) is 0 Å². The van der Waals surface area contributed by atoms with Crippen LogP contribution in [0.15, 0.2) is 18.2 Å². The Morgan fingerprint density at radius 1 is 1.25 bits per heavy atom. The molecule has 1 aromatic carbocycles. The van der Waals surface area contributed by atoms with Crippen molar-refractivity contribution in [3.05, 3.63) is 23.8 Å². The van der Waals surface area contributed by atoms with E-state index in [1.807, 2.05) is 0 Å². The van der Waals surface area contributed by atoms with Crippen LogP contribution < -0.4 is 4.72 Å². The van der Waals surface area contributed by atoms with E-state index in [9.17, 15) is 0 Å². The molecule has 0 aliphatic carbocycles. The summed E-state index contributed by atoms with van der Waals surface area (Å²) in [5.41, 5.74) is 0.970. The zero-order chi connectivity index (χ0) is 8.27. The van der Waals surface area contributed by atoms with Gasteiger partial charge in [0.15, 0.2) is 11.5 Å². The minimum Gasteiger partial charge on any atom is -0.504 e. The standard InChI is InChI=1S/C7H7O2.Al.ClH.H2N/c1-5-2-3-6(8)7(9)4-5;;;/h2-4,8-9H,1H2;;1H;1H2/q;+1;;-1. The Morgan fingerprint density at radius 3 is 2.42 bits per heavy atom. The van der Waals surface area contributed by atoms with Crippen molar-refractivity contribution in [1.29, 1.82) is 0 Å². The third-order valence-electron chi connectivity index (χ3n) is 1.39. The van der Waals surface area contributed by atoms with Crippen LogP contribution in [0.4, 0.5) is 0 Å². The molecule has 0 fully saturated rings. The maximum Gasteiger partial charge on any atom is 0.321 e. The van der Waals surface area contributed by atoms with Crippen LogP contribution in [0.1, 0.15) is 5.56 Å². The van der Waals surface area contributed by atoms with E-state index in [0.717, 1.165) is 10.8 Å². The molecule has 0 bridgehead atoms. The highest BCUT2D eigenvalue weighted by molar-refractivity contribution is 6.30. The molecule has 1 aromatic rings. The molecule has 0 amide bonds. The Morgan fingerprint density at radius 2 is 1.92 bits per heavy atom. The summed E-state index contributed by atoms with van der Waals surface area (Å²) in [6.07, 6.45) is 0. The summed E-state index contributed by atoms with van der Waals surface area (Å²) in [4.78, 5) is 0. The molecule has 0 saturated carbocycles. The summed E-state index contributed by atoms with van der Waals surface area (Å²) in [7, 11) is 0. The molecular formula is C7H10AlClNO2. The summed E-state index contributed by atoms with van der Waals surface area (Å²) in [6, 6.07) is 4.77. The number of rotatable bonds is 2. The topological polar surface area (TPSA) is 66.5 Å². The van der Waals surface area contributed by atoms with E-state index in [1.54, 1.807) is 6.07 Å². The molecule has 0 heterocycles. The van der Waals surface area contributed by atoms with Crippen molar-refractivity contribution >= 4 is 27.8 Å². The molecule has 5 heteroatoms. The normalized spacial score (nSPS) is 8.75. The lowest BCUT2D eigenvalue weighted by molar-refractivity contribution is 0.403. The maximum absolute atomic E-state index is 9.05. The monoisotopic (exact) mass is 202 g/mol. The van der Waals surface area contributed by atoms with Crippen molar-refractivity contribution < 1.29 is 10.2 Å². The lowest BCUT2D eigenvalue weighted by Gasteiger charge is -1.99. The fourth-order valence-electron chi connectivity index (χ4n) is 0.832. The van der Waals surface area contributed by atoms with Crippen LogP contribution in [0.25, 0.3) is 0 Å². The zero-order valence-electron chi connectivity index (χ0n) is 6.40. The number of nitrogens with two attached hydrogens (primary N) is 1. The second kappa shape index (κ2) is 5.28. The van der Waals surface area contributed by atoms with E-state index in [4.69, 9.17) is 14.9 Å². The molecular weight excluding hydrogens is 193 g/mol. The predicted octanol–water partition coefficient (Wildman–Crippen LogP) is 0.597. The molecule has 0 aliphatic heterocycles. The Kier molecular flexibility index (Phi) is 5.11. The second-order valence-corrected chi connectivity index (χ2v) is 3.14. The summed E-state index contributed by atoms with van der Waals surface area (Å²) in [6.45, 7) is 0. The molecule has 0 atom stereocenters. The molecule has 0 spiro atoms. The minimum atomic E-state index is -0.0848. The van der Waals surface area contributed by atoms with Gasteiger partial charge in [0, 0.05) is 0 Å². The summed E-state index contributed by atoms with van der Waals surface area (Å²) in [5, 5.41) is 18.8. The van der Waals surface area contributed by atoms with Crippen LogP contribution in [0.2, 0.25) is 0 Å². The van der Waals surface area contributed by atoms with Gasteiger partial charge >= 0.3 is 15.4 Å². The van der Waals surface area contributed by atoms with Crippen molar-refractivity contribution in [2.45, 2.75) is 5.28 Å². The maximum atomic E-state index is 9.05. The molecule has 12 heavy (non-hydrogen) atoms. The molecule has 0 aliphatic rings. The van der Waals surface area contributed by atoms with Gasteiger partial charge in [-0.25, -0.2) is 0 Å². The van der Waals surface area contributed by atoms with E-state index in [0.29, 0.717) is 0 Å². The van der Waals surface area contributed by atoms with Gasteiger partial charge < -0.3 is 14.9 Å². The van der Waals surface area contributed by atoms with Crippen LogP contribution in [-0.4, -0.2) is 25.7 Å². The lowest BCUT2D eigenvalue weighted by Crippen LogP contribution is -2.07. The fourth-order valence-corrected chi connectivity index (χ4v) is 1.36. The second-order valence-electron chi connectivity index (χ2n) is 2.26. The van der Waals surface area contributed by atoms with Gasteiger partial charge in [0.1, 0.15) is 0 Å². The highest BCUT2D eigenvalue weighted by Gasteiger charge is 1.99. The molecule has 1 radical (unpaired) electrons. The first-order chi connectivity index (χ1) is 5.24. The smallest absolute Gasteiger partial charge is 0.321 e. The van der Waals surface area contributed by atoms with E-state index in [-0.39, 0.29) is 39.3 Å². The average Bonchev–Trinajstić information content (AvgIpc) is 1.98. The van der Waals surface area contributed by atoms with Gasteiger partial charge in [-0.3, -0.25) is 0 Å². The summed E-state index contributed by atoms with van der Waals surface area (Å²) < 4.78 is 5.39. The first kappa shape index (κ1) is 11.6. The summed E-state index contributed by atoms with van der Waals surface area (Å²) >= 11 is -0.0848. The van der Waals surface area contributed by atoms with E-state index >= 15 is 0 Å². The molecule has 1 rings (SSSR count). The number of phenolic OH excluding ortho intramolecular Hbond substituents is 2. The molecule has 0 unspecified atom stereocenters. The quantitative estimate of drug-likeness (QED) is 0.486. The van der Waals surface area contributed by atoms with Gasteiger partial charge in [0.05, 0.1) is 0 Å². The lowest BCUT2D eigenvalue weighted by atomic mass is 10.2. The van der Waals surface area contributed by atoms with Crippen molar-refractivity contribution in [2.75, 3.05) is 0 Å². The Bertz CT molecular complexity index is 257. The SMILES string of the molecule is Cl.[NH2][Al][CH2]c1ccc(O)c(O)c1. The predicted molar refractivity (Wildman–Crippen MR) is 50.7 cm³/mol. The Labute approximate surface area is 83.6 Å². The van der Waals surface area contributed by atoms with E-state index in [2.05, 4.69) is 0 Å². The first-order valence-corrected chi connectivity index (χ1v) is 4.76. The van der Waals surface area contributed by atoms with Gasteiger partial charge in [-0.1, -0.05) is 16.9 Å². The molecule has 0 saturated heterocycles. The van der Waals surface area contributed by atoms with E-state index in [1.165, 1.54) is 12.1 Å². The van der Waals surface area contributed by atoms with Gasteiger partial charge in [-0.15, -0.1) is 12.4 Å². The van der Waals surface area contributed by atoms with E-state index < -0.39 is 0 Å². The number of benzene rings is 1. The number of aromatic hydroxyl groups is 2. The highest BCUT2D eigenvalue weighted by Crippen LogP contribution is 2.24. The Balaban J connectivity index is 0.00000121. The molecule has 4 N–H and O–H groups in total. The van der Waals surface area contributed by atoms with Crippen molar-refractivity contribution in [3.63, 3.8) is 0 Å². The number of hydrogen-bond donors (Lipinski definition) is 3. The summed E-state index contributed by atoms with van der Waals surface area (Å²) in [5.74, 6) is -0.156. The number of hydrogen-bond acceptors (Lipinski definition) is 3. The number of halogens is 1. The molecule has 0 aromatic heterocycles. The van der Waals surface area contributed by atoms with Crippen molar-refractivity contribution in [3.8, 4) is 11.5 Å². The van der Waals surface area contributed by atoms with Gasteiger partial charge in [-0.2, -0.15) is 0 Å². The molecule has 3 nitrogen and oxygen atoms in total. The van der Waals surface area contributed by atoms with Crippen LogP contribution >= 0.6 is 12.4 Å². The van der Waals surface area contributed by atoms with Gasteiger partial charge in [-0.05, 0) is 12.1 Å². The van der Waals surface area contributed by atoms with Crippen LogP contribution in [-0.2, 0) is 5.28 Å². The Hall–Kier alpha value is -0.398. The molecule has 65 valence electrons. The minimum absolute atomic E-state index is 0. The third-order valence-corrected chi connectivity index (χ3v) is 2.10. The average molecular weight is 203 g/mol. The van der Waals surface area contributed by atoms with Gasteiger partial charge in [0.2, 0.25) is 0 Å². The largest absolute Gasteiger partial charge is 0.504 e. The fraction of sp³-hybridized carbons (Fsp3) is 0.143. The van der Waals surface area contributed by atoms with Crippen LogP contribution in [0.3, 0.4) is 0 Å². The zero-order valence-corrected chi connectivity index (χ0v) is 8.37. The van der Waals surface area contributed by atoms with Crippen molar-refractivity contribution in [2.24, 2.45) is 4.72 Å². The highest BCUT2D eigenvalue weighted by atomic mass is 35.5. The number of phenols is 2. The van der Waals surface area contributed by atoms with Crippen LogP contribution in [0.5, 0.6) is 11.5 Å². The van der Waals surface area contributed by atoms with Crippen molar-refractivity contribution in [1.82, 2.24) is 0 Å². The first-order valence-electron chi connectivity index (χ1n) is 3.28. The third kappa shape index (κ3) is 2.92.